The Kier molecular flexibility index (Phi) is 4.15. The summed E-state index contributed by atoms with van der Waals surface area (Å²) in [4.78, 5) is 13.9. The van der Waals surface area contributed by atoms with Gasteiger partial charge in [-0.2, -0.15) is 4.98 Å². The number of pyridine rings is 1. The first-order chi connectivity index (χ1) is 14.0. The Morgan fingerprint density at radius 3 is 2.62 bits per heavy atom. The normalized spacial score (nSPS) is 14.2. The van der Waals surface area contributed by atoms with Crippen molar-refractivity contribution >= 4 is 33.7 Å². The van der Waals surface area contributed by atoms with E-state index in [2.05, 4.69) is 71.0 Å². The van der Waals surface area contributed by atoms with Gasteiger partial charge in [-0.1, -0.05) is 38.1 Å². The lowest BCUT2D eigenvalue weighted by atomic mass is 10.0. The maximum atomic E-state index is 6.35. The van der Waals surface area contributed by atoms with Crippen LogP contribution < -0.4 is 11.1 Å². The lowest BCUT2D eigenvalue weighted by Crippen LogP contribution is -2.08. The molecule has 1 aliphatic carbocycles. The zero-order valence-corrected chi connectivity index (χ0v) is 17.1. The van der Waals surface area contributed by atoms with Gasteiger partial charge < -0.3 is 15.6 Å². The van der Waals surface area contributed by atoms with E-state index in [9.17, 15) is 0 Å². The smallest absolute Gasteiger partial charge is 0.225 e. The van der Waals surface area contributed by atoms with Crippen LogP contribution in [0.25, 0.3) is 21.9 Å². The zero-order valence-electron chi connectivity index (χ0n) is 17.1. The summed E-state index contributed by atoms with van der Waals surface area (Å²) in [5.74, 6) is 1.64. The second-order valence-electron chi connectivity index (χ2n) is 8.37. The Balaban J connectivity index is 1.56. The van der Waals surface area contributed by atoms with E-state index in [1.54, 1.807) is 0 Å². The molecule has 0 saturated heterocycles. The van der Waals surface area contributed by atoms with Gasteiger partial charge in [0.2, 0.25) is 5.95 Å². The highest BCUT2D eigenvalue weighted by Crippen LogP contribution is 2.31. The van der Waals surface area contributed by atoms with E-state index < -0.39 is 0 Å². The largest absolute Gasteiger partial charge is 0.383 e. The molecule has 3 heterocycles. The molecule has 1 saturated carbocycles. The van der Waals surface area contributed by atoms with Crippen molar-refractivity contribution in [1.29, 1.82) is 0 Å². The Morgan fingerprint density at radius 2 is 1.93 bits per heavy atom. The minimum Gasteiger partial charge on any atom is -0.383 e. The predicted molar refractivity (Wildman–Crippen MR) is 118 cm³/mol. The molecule has 0 bridgehead atoms. The van der Waals surface area contributed by atoms with Crippen LogP contribution in [0.1, 0.15) is 49.4 Å². The molecule has 6 heteroatoms. The average Bonchev–Trinajstić information content (AvgIpc) is 3.45. The first kappa shape index (κ1) is 17.9. The van der Waals surface area contributed by atoms with E-state index >= 15 is 0 Å². The molecule has 0 aliphatic heterocycles. The molecule has 6 nitrogen and oxygen atoms in total. The summed E-state index contributed by atoms with van der Waals surface area (Å²) in [6.07, 6.45) is 4.14. The van der Waals surface area contributed by atoms with E-state index in [1.807, 2.05) is 6.20 Å². The van der Waals surface area contributed by atoms with Crippen molar-refractivity contribution < 1.29 is 0 Å². The number of aromatic nitrogens is 4. The molecule has 3 N–H and O–H groups in total. The zero-order chi connectivity index (χ0) is 20.1. The van der Waals surface area contributed by atoms with E-state index in [0.717, 1.165) is 34.2 Å². The van der Waals surface area contributed by atoms with E-state index in [4.69, 9.17) is 10.7 Å². The molecule has 5 rings (SSSR count). The maximum Gasteiger partial charge on any atom is 0.225 e. The van der Waals surface area contributed by atoms with Crippen molar-refractivity contribution in [3.05, 3.63) is 53.3 Å². The second kappa shape index (κ2) is 6.72. The molecular weight excluding hydrogens is 360 g/mol. The monoisotopic (exact) mass is 386 g/mol. The number of hydrogen-bond donors (Lipinski definition) is 2. The molecule has 1 aromatic carbocycles. The first-order valence-corrected chi connectivity index (χ1v) is 10.3. The highest BCUT2D eigenvalue weighted by molar-refractivity contribution is 6.09. The second-order valence-corrected chi connectivity index (χ2v) is 8.37. The van der Waals surface area contributed by atoms with Crippen LogP contribution in [0.15, 0.2) is 36.5 Å². The molecule has 4 aromatic rings. The van der Waals surface area contributed by atoms with Gasteiger partial charge in [-0.15, -0.1) is 0 Å². The predicted octanol–water partition coefficient (Wildman–Crippen LogP) is 4.62. The fourth-order valence-electron chi connectivity index (χ4n) is 3.84. The number of rotatable bonds is 5. The summed E-state index contributed by atoms with van der Waals surface area (Å²) in [7, 11) is 0. The SMILES string of the molecule is Cc1cc2c3c(N)nc(NC4CC4)nc3cnc2n1Cc1ccc(C(C)C)cc1. The van der Waals surface area contributed by atoms with Gasteiger partial charge in [0.05, 0.1) is 17.1 Å². The highest BCUT2D eigenvalue weighted by Gasteiger charge is 2.23. The van der Waals surface area contributed by atoms with Crippen LogP contribution in [0.5, 0.6) is 0 Å². The molecule has 0 amide bonds. The molecule has 1 aliphatic rings. The fourth-order valence-corrected chi connectivity index (χ4v) is 3.84. The molecule has 0 unspecified atom stereocenters. The fraction of sp³-hybridized carbons (Fsp3) is 0.348. The summed E-state index contributed by atoms with van der Waals surface area (Å²) in [5.41, 5.74) is 11.8. The standard InChI is InChI=1S/C23H26N6/c1-13(2)16-6-4-15(5-7-16)12-29-14(3)10-18-20-19(11-25-22(18)29)27-23(28-21(20)24)26-17-8-9-17/h4-7,10-11,13,17H,8-9,12H2,1-3H3,(H3,24,26,27,28). The van der Waals surface area contributed by atoms with Gasteiger partial charge in [0.1, 0.15) is 11.5 Å². The van der Waals surface area contributed by atoms with Crippen LogP contribution in [0, 0.1) is 6.92 Å². The van der Waals surface area contributed by atoms with Gasteiger partial charge in [0, 0.05) is 23.7 Å². The summed E-state index contributed by atoms with van der Waals surface area (Å²) in [5, 5.41) is 5.21. The number of fused-ring (bicyclic) bond motifs is 3. The molecule has 3 aromatic heterocycles. The van der Waals surface area contributed by atoms with E-state index in [1.165, 1.54) is 24.0 Å². The van der Waals surface area contributed by atoms with Gasteiger partial charge in [0.15, 0.2) is 0 Å². The molecule has 1 fully saturated rings. The third-order valence-electron chi connectivity index (χ3n) is 5.72. The topological polar surface area (TPSA) is 81.7 Å². The van der Waals surface area contributed by atoms with Crippen molar-refractivity contribution in [2.45, 2.75) is 52.1 Å². The third-order valence-corrected chi connectivity index (χ3v) is 5.72. The van der Waals surface area contributed by atoms with Crippen LogP contribution in [0.4, 0.5) is 11.8 Å². The van der Waals surface area contributed by atoms with Crippen molar-refractivity contribution in [1.82, 2.24) is 19.5 Å². The van der Waals surface area contributed by atoms with Crippen molar-refractivity contribution in [2.24, 2.45) is 0 Å². The summed E-state index contributed by atoms with van der Waals surface area (Å²) in [6.45, 7) is 7.31. The first-order valence-electron chi connectivity index (χ1n) is 10.3. The summed E-state index contributed by atoms with van der Waals surface area (Å²) >= 11 is 0. The number of anilines is 2. The highest BCUT2D eigenvalue weighted by atomic mass is 15.2. The minimum atomic E-state index is 0.481. The Morgan fingerprint density at radius 1 is 1.17 bits per heavy atom. The molecule has 0 radical (unpaired) electrons. The Bertz CT molecular complexity index is 1200. The van der Waals surface area contributed by atoms with Gasteiger partial charge in [-0.25, -0.2) is 9.97 Å². The Hall–Kier alpha value is -3.15. The van der Waals surface area contributed by atoms with Crippen molar-refractivity contribution in [2.75, 3.05) is 11.1 Å². The van der Waals surface area contributed by atoms with Crippen LogP contribution in [0.2, 0.25) is 0 Å². The van der Waals surface area contributed by atoms with E-state index in [0.29, 0.717) is 23.7 Å². The third kappa shape index (κ3) is 3.28. The number of aryl methyl sites for hydroxylation is 1. The van der Waals surface area contributed by atoms with Gasteiger partial charge >= 0.3 is 0 Å². The van der Waals surface area contributed by atoms with Crippen LogP contribution in [-0.4, -0.2) is 25.6 Å². The lowest BCUT2D eigenvalue weighted by molar-refractivity contribution is 0.792. The average molecular weight is 387 g/mol. The molecular formula is C23H26N6. The number of benzene rings is 1. The van der Waals surface area contributed by atoms with Gasteiger partial charge in [-0.05, 0) is 42.9 Å². The van der Waals surface area contributed by atoms with Crippen LogP contribution >= 0.6 is 0 Å². The maximum absolute atomic E-state index is 6.35. The summed E-state index contributed by atoms with van der Waals surface area (Å²) in [6, 6.07) is 11.5. The number of nitrogen functional groups attached to an aromatic ring is 1. The number of nitrogens with two attached hydrogens (primary N) is 1. The molecule has 148 valence electrons. The quantitative estimate of drug-likeness (QED) is 0.523. The van der Waals surface area contributed by atoms with Gasteiger partial charge in [0.25, 0.3) is 0 Å². The van der Waals surface area contributed by atoms with Crippen LogP contribution in [0.3, 0.4) is 0 Å². The molecule has 0 spiro atoms. The number of nitrogens with one attached hydrogen (secondary N) is 1. The lowest BCUT2D eigenvalue weighted by Gasteiger charge is -2.11. The Labute approximate surface area is 170 Å². The number of hydrogen-bond acceptors (Lipinski definition) is 5. The molecule has 29 heavy (non-hydrogen) atoms. The summed E-state index contributed by atoms with van der Waals surface area (Å²) < 4.78 is 2.23. The van der Waals surface area contributed by atoms with Crippen molar-refractivity contribution in [3.63, 3.8) is 0 Å². The number of nitrogens with zero attached hydrogens (tertiary/aromatic N) is 4. The molecule has 0 atom stereocenters. The van der Waals surface area contributed by atoms with Gasteiger partial charge in [-0.3, -0.25) is 0 Å². The van der Waals surface area contributed by atoms with E-state index in [-0.39, 0.29) is 0 Å². The van der Waals surface area contributed by atoms with Crippen LogP contribution in [-0.2, 0) is 6.54 Å². The minimum absolute atomic E-state index is 0.481. The van der Waals surface area contributed by atoms with Crippen molar-refractivity contribution in [3.8, 4) is 0 Å².